The van der Waals surface area contributed by atoms with Gasteiger partial charge in [0.2, 0.25) is 6.41 Å². The van der Waals surface area contributed by atoms with Crippen molar-refractivity contribution in [3.05, 3.63) is 0 Å². The standard InChI is InChI=1S/C10H21NO3.C7H16O.C2H6/c1-4-13-6-10(11-8-12)7-14-5-9(2)3;1-4-8-6-5-7(2)3;1-2/h8-10H,4-7H2,1-3H3,(H,11,12);7H,4-6H2,1-3H3;1-2H3. The van der Waals surface area contributed by atoms with Gasteiger partial charge in [-0.3, -0.25) is 4.79 Å². The minimum absolute atomic E-state index is 0.0359. The zero-order chi connectivity index (χ0) is 19.2. The number of carbonyl (C=O) groups is 1. The third-order valence-corrected chi connectivity index (χ3v) is 2.64. The first-order chi connectivity index (χ1) is 11.5. The Hall–Kier alpha value is -0.650. The maximum absolute atomic E-state index is 10.3. The van der Waals surface area contributed by atoms with Gasteiger partial charge in [0.15, 0.2) is 0 Å². The fourth-order valence-corrected chi connectivity index (χ4v) is 1.41. The highest BCUT2D eigenvalue weighted by molar-refractivity contribution is 5.46. The topological polar surface area (TPSA) is 56.8 Å². The van der Waals surface area contributed by atoms with Crippen molar-refractivity contribution in [1.82, 2.24) is 5.32 Å². The lowest BCUT2D eigenvalue weighted by molar-refractivity contribution is -0.111. The number of carbonyl (C=O) groups excluding carboxylic acids is 1. The number of ether oxygens (including phenoxy) is 3. The van der Waals surface area contributed by atoms with Crippen LogP contribution in [0.5, 0.6) is 0 Å². The van der Waals surface area contributed by atoms with Crippen LogP contribution in [-0.2, 0) is 19.0 Å². The molecule has 148 valence electrons. The quantitative estimate of drug-likeness (QED) is 0.405. The highest BCUT2D eigenvalue weighted by Crippen LogP contribution is 1.98. The molecule has 0 aliphatic carbocycles. The molecular weight excluding hydrogens is 306 g/mol. The second-order valence-electron chi connectivity index (χ2n) is 5.95. The van der Waals surface area contributed by atoms with Crippen molar-refractivity contribution in [3.63, 3.8) is 0 Å². The molecule has 0 aromatic carbocycles. The number of rotatable bonds is 13. The predicted octanol–water partition coefficient (Wildman–Crippen LogP) is 3.91. The number of hydrogen-bond donors (Lipinski definition) is 1. The van der Waals surface area contributed by atoms with Crippen molar-refractivity contribution < 1.29 is 19.0 Å². The second kappa shape index (κ2) is 24.6. The molecule has 5 heteroatoms. The van der Waals surface area contributed by atoms with Gasteiger partial charge in [-0.05, 0) is 32.1 Å². The average molecular weight is 350 g/mol. The fourth-order valence-electron chi connectivity index (χ4n) is 1.41. The predicted molar refractivity (Wildman–Crippen MR) is 102 cm³/mol. The molecule has 1 amide bonds. The van der Waals surface area contributed by atoms with Crippen molar-refractivity contribution in [3.8, 4) is 0 Å². The Balaban J connectivity index is -0.000000374. The Labute approximate surface area is 150 Å². The van der Waals surface area contributed by atoms with Crippen LogP contribution in [0.4, 0.5) is 0 Å². The van der Waals surface area contributed by atoms with E-state index in [9.17, 15) is 4.79 Å². The third-order valence-electron chi connectivity index (χ3n) is 2.64. The fraction of sp³-hybridized carbons (Fsp3) is 0.947. The molecule has 24 heavy (non-hydrogen) atoms. The summed E-state index contributed by atoms with van der Waals surface area (Å²) in [5, 5.41) is 2.66. The van der Waals surface area contributed by atoms with Gasteiger partial charge >= 0.3 is 0 Å². The molecule has 0 saturated carbocycles. The van der Waals surface area contributed by atoms with Crippen molar-refractivity contribution >= 4 is 6.41 Å². The van der Waals surface area contributed by atoms with Crippen LogP contribution in [-0.4, -0.2) is 52.1 Å². The first-order valence-electron chi connectivity index (χ1n) is 9.40. The molecule has 1 N–H and O–H groups in total. The van der Waals surface area contributed by atoms with Crippen molar-refractivity contribution in [2.45, 2.75) is 67.9 Å². The highest BCUT2D eigenvalue weighted by atomic mass is 16.5. The lowest BCUT2D eigenvalue weighted by atomic mass is 10.1. The zero-order valence-corrected chi connectivity index (χ0v) is 17.4. The Morgan fingerprint density at radius 3 is 1.79 bits per heavy atom. The van der Waals surface area contributed by atoms with Gasteiger partial charge in [0, 0.05) is 26.4 Å². The summed E-state index contributed by atoms with van der Waals surface area (Å²) in [6.45, 7) is 20.7. The summed E-state index contributed by atoms with van der Waals surface area (Å²) in [5.41, 5.74) is 0. The molecular formula is C19H43NO4. The molecule has 5 nitrogen and oxygen atoms in total. The summed E-state index contributed by atoms with van der Waals surface area (Å²) in [6.07, 6.45) is 1.87. The molecule has 0 saturated heterocycles. The van der Waals surface area contributed by atoms with Gasteiger partial charge in [-0.15, -0.1) is 0 Å². The van der Waals surface area contributed by atoms with Gasteiger partial charge in [0.25, 0.3) is 0 Å². The SMILES string of the molecule is CC.CCOCC(COCC(C)C)NC=O.CCOCCC(C)C. The van der Waals surface area contributed by atoms with Crippen molar-refractivity contribution in [2.24, 2.45) is 11.8 Å². The minimum atomic E-state index is -0.0359. The molecule has 0 bridgehead atoms. The molecule has 0 spiro atoms. The number of nitrogens with one attached hydrogen (secondary N) is 1. The normalized spacial score (nSPS) is 11.2. The van der Waals surface area contributed by atoms with Crippen LogP contribution < -0.4 is 5.32 Å². The largest absolute Gasteiger partial charge is 0.382 e. The van der Waals surface area contributed by atoms with Crippen LogP contribution in [0.3, 0.4) is 0 Å². The van der Waals surface area contributed by atoms with E-state index in [0.717, 1.165) is 19.1 Å². The van der Waals surface area contributed by atoms with Crippen LogP contribution in [0.2, 0.25) is 0 Å². The highest BCUT2D eigenvalue weighted by Gasteiger charge is 2.07. The summed E-state index contributed by atoms with van der Waals surface area (Å²) < 4.78 is 15.8. The first-order valence-corrected chi connectivity index (χ1v) is 9.40. The van der Waals surface area contributed by atoms with E-state index >= 15 is 0 Å². The summed E-state index contributed by atoms with van der Waals surface area (Å²) in [6, 6.07) is -0.0359. The van der Waals surface area contributed by atoms with Gasteiger partial charge < -0.3 is 19.5 Å². The van der Waals surface area contributed by atoms with Crippen LogP contribution in [0, 0.1) is 11.8 Å². The van der Waals surface area contributed by atoms with Crippen LogP contribution in [0.15, 0.2) is 0 Å². The van der Waals surface area contributed by atoms with E-state index < -0.39 is 0 Å². The summed E-state index contributed by atoms with van der Waals surface area (Å²) in [5.74, 6) is 1.29. The second-order valence-corrected chi connectivity index (χ2v) is 5.95. The van der Waals surface area contributed by atoms with Gasteiger partial charge in [-0.2, -0.15) is 0 Å². The molecule has 0 aliphatic heterocycles. The third kappa shape index (κ3) is 29.4. The summed E-state index contributed by atoms with van der Waals surface area (Å²) in [7, 11) is 0. The lowest BCUT2D eigenvalue weighted by Gasteiger charge is -2.16. The average Bonchev–Trinajstić information content (AvgIpc) is 2.55. The van der Waals surface area contributed by atoms with E-state index in [4.69, 9.17) is 14.2 Å². The molecule has 0 heterocycles. The molecule has 0 aliphatic rings. The maximum Gasteiger partial charge on any atom is 0.207 e. The Kier molecular flexibility index (Phi) is 28.9. The van der Waals surface area contributed by atoms with Gasteiger partial charge in [0.1, 0.15) is 0 Å². The Morgan fingerprint density at radius 1 is 0.833 bits per heavy atom. The molecule has 0 aromatic rings. The molecule has 0 fully saturated rings. The van der Waals surface area contributed by atoms with E-state index in [1.165, 1.54) is 6.42 Å². The summed E-state index contributed by atoms with van der Waals surface area (Å²) in [4.78, 5) is 10.3. The van der Waals surface area contributed by atoms with Crippen molar-refractivity contribution in [1.29, 1.82) is 0 Å². The molecule has 0 aromatic heterocycles. The Morgan fingerprint density at radius 2 is 1.38 bits per heavy atom. The van der Waals surface area contributed by atoms with E-state index in [1.54, 1.807) is 0 Å². The van der Waals surface area contributed by atoms with Gasteiger partial charge in [-0.25, -0.2) is 0 Å². The smallest absolute Gasteiger partial charge is 0.207 e. The molecule has 1 unspecified atom stereocenters. The monoisotopic (exact) mass is 349 g/mol. The number of hydrogen-bond acceptors (Lipinski definition) is 4. The Bertz CT molecular complexity index is 223. The molecule has 0 rings (SSSR count). The lowest BCUT2D eigenvalue weighted by Crippen LogP contribution is -2.37. The van der Waals surface area contributed by atoms with E-state index in [2.05, 4.69) is 33.0 Å². The van der Waals surface area contributed by atoms with E-state index in [-0.39, 0.29) is 6.04 Å². The van der Waals surface area contributed by atoms with Crippen LogP contribution >= 0.6 is 0 Å². The van der Waals surface area contributed by atoms with Crippen LogP contribution in [0.25, 0.3) is 0 Å². The summed E-state index contributed by atoms with van der Waals surface area (Å²) >= 11 is 0. The maximum atomic E-state index is 10.3. The minimum Gasteiger partial charge on any atom is -0.382 e. The van der Waals surface area contributed by atoms with Crippen molar-refractivity contribution in [2.75, 3.05) is 39.6 Å². The number of amides is 1. The van der Waals surface area contributed by atoms with E-state index in [1.807, 2.05) is 27.7 Å². The van der Waals surface area contributed by atoms with Crippen LogP contribution in [0.1, 0.15) is 61.8 Å². The first kappa shape index (κ1) is 28.2. The zero-order valence-electron chi connectivity index (χ0n) is 17.4. The molecule has 1 atom stereocenters. The van der Waals surface area contributed by atoms with Gasteiger partial charge in [0.05, 0.1) is 19.3 Å². The molecule has 0 radical (unpaired) electrons. The van der Waals surface area contributed by atoms with Gasteiger partial charge in [-0.1, -0.05) is 41.5 Å². The van der Waals surface area contributed by atoms with E-state index in [0.29, 0.717) is 38.8 Å².